The average molecular weight is 382 g/mol. The van der Waals surface area contributed by atoms with Crippen LogP contribution in [0.15, 0.2) is 60.9 Å². The van der Waals surface area contributed by atoms with Gasteiger partial charge in [-0.2, -0.15) is 9.61 Å². The first-order valence-electron chi connectivity index (χ1n) is 7.69. The number of hydrogen-bond acceptors (Lipinski definition) is 5. The third-order valence-corrected chi connectivity index (χ3v) is 4.80. The maximum atomic E-state index is 12.0. The third-order valence-electron chi connectivity index (χ3n) is 3.58. The highest BCUT2D eigenvalue weighted by Crippen LogP contribution is 2.25. The Labute approximate surface area is 157 Å². The number of amides is 1. The molecule has 0 fully saturated rings. The number of hydrogen-bond donors (Lipinski definition) is 1. The van der Waals surface area contributed by atoms with Gasteiger partial charge in [-0.05, 0) is 48.0 Å². The van der Waals surface area contributed by atoms with E-state index in [2.05, 4.69) is 20.6 Å². The normalized spacial score (nSPS) is 11.3. The van der Waals surface area contributed by atoms with Gasteiger partial charge in [0.05, 0.1) is 0 Å². The minimum atomic E-state index is -0.202. The van der Waals surface area contributed by atoms with Crippen LogP contribution in [0.3, 0.4) is 0 Å². The summed E-state index contributed by atoms with van der Waals surface area (Å²) in [4.78, 5) is 12.8. The van der Waals surface area contributed by atoms with Crippen LogP contribution in [0.4, 0.5) is 5.69 Å². The molecule has 0 saturated carbocycles. The van der Waals surface area contributed by atoms with Gasteiger partial charge >= 0.3 is 0 Å². The van der Waals surface area contributed by atoms with E-state index in [1.807, 2.05) is 36.4 Å². The largest absolute Gasteiger partial charge is 0.323 e. The van der Waals surface area contributed by atoms with E-state index in [9.17, 15) is 4.79 Å². The van der Waals surface area contributed by atoms with Crippen molar-refractivity contribution in [2.45, 2.75) is 0 Å². The molecule has 0 aliphatic carbocycles. The van der Waals surface area contributed by atoms with Crippen molar-refractivity contribution in [3.63, 3.8) is 0 Å². The monoisotopic (exact) mass is 381 g/mol. The number of nitrogens with one attached hydrogen (secondary N) is 1. The summed E-state index contributed by atoms with van der Waals surface area (Å²) < 4.78 is 1.64. The third kappa shape index (κ3) is 3.63. The molecule has 26 heavy (non-hydrogen) atoms. The first-order valence-corrected chi connectivity index (χ1v) is 8.89. The lowest BCUT2D eigenvalue weighted by Gasteiger charge is -2.03. The summed E-state index contributed by atoms with van der Waals surface area (Å²) >= 11 is 7.29. The van der Waals surface area contributed by atoms with E-state index in [-0.39, 0.29) is 5.91 Å². The maximum Gasteiger partial charge on any atom is 0.248 e. The Balaban J connectivity index is 1.42. The topological polar surface area (TPSA) is 72.2 Å². The van der Waals surface area contributed by atoms with Crippen LogP contribution in [-0.4, -0.2) is 25.7 Å². The molecule has 8 heteroatoms. The molecular formula is C18H12ClN5OS. The number of benzene rings is 2. The molecule has 1 amide bonds. The van der Waals surface area contributed by atoms with E-state index >= 15 is 0 Å². The van der Waals surface area contributed by atoms with Crippen LogP contribution >= 0.6 is 22.9 Å². The van der Waals surface area contributed by atoms with Gasteiger partial charge in [-0.3, -0.25) is 4.79 Å². The zero-order valence-electron chi connectivity index (χ0n) is 13.3. The molecule has 0 bridgehead atoms. The summed E-state index contributed by atoms with van der Waals surface area (Å²) in [5.41, 5.74) is 2.57. The molecule has 0 spiro atoms. The van der Waals surface area contributed by atoms with Crippen LogP contribution in [0.5, 0.6) is 0 Å². The lowest BCUT2D eigenvalue weighted by Crippen LogP contribution is -2.07. The fourth-order valence-corrected chi connectivity index (χ4v) is 3.25. The predicted octanol–water partition coefficient (Wildman–Crippen LogP) is 4.16. The lowest BCUT2D eigenvalue weighted by molar-refractivity contribution is -0.111. The zero-order valence-corrected chi connectivity index (χ0v) is 14.9. The van der Waals surface area contributed by atoms with Gasteiger partial charge in [-0.15, -0.1) is 10.2 Å². The van der Waals surface area contributed by atoms with Crippen LogP contribution in [0.1, 0.15) is 5.56 Å². The van der Waals surface area contributed by atoms with Gasteiger partial charge in [0.25, 0.3) is 0 Å². The minimum Gasteiger partial charge on any atom is -0.323 e. The van der Waals surface area contributed by atoms with Gasteiger partial charge < -0.3 is 5.32 Å². The SMILES string of the molecule is O=C(C=Cc1ccc(Cl)cc1)Nc1ccc(-c2nn3cnnc3s2)cc1. The number of carbonyl (C=O) groups is 1. The number of aromatic nitrogens is 4. The second kappa shape index (κ2) is 7.07. The fraction of sp³-hybridized carbons (Fsp3) is 0. The number of nitrogens with zero attached hydrogens (tertiary/aromatic N) is 4. The summed E-state index contributed by atoms with van der Waals surface area (Å²) in [5, 5.41) is 16.5. The Kier molecular flexibility index (Phi) is 4.47. The van der Waals surface area contributed by atoms with Crippen molar-refractivity contribution in [2.75, 3.05) is 5.32 Å². The second-order valence-corrected chi connectivity index (χ2v) is 6.81. The predicted molar refractivity (Wildman–Crippen MR) is 103 cm³/mol. The molecular weight excluding hydrogens is 370 g/mol. The quantitative estimate of drug-likeness (QED) is 0.539. The van der Waals surface area contributed by atoms with Crippen LogP contribution in [0.2, 0.25) is 5.02 Å². The Bertz CT molecular complexity index is 1050. The lowest BCUT2D eigenvalue weighted by atomic mass is 10.2. The van der Waals surface area contributed by atoms with Crippen LogP contribution in [-0.2, 0) is 4.79 Å². The van der Waals surface area contributed by atoms with Crippen molar-refractivity contribution in [1.82, 2.24) is 19.8 Å². The number of carbonyl (C=O) groups excluding carboxylic acids is 1. The molecule has 0 unspecified atom stereocenters. The van der Waals surface area contributed by atoms with E-state index in [1.54, 1.807) is 29.1 Å². The summed E-state index contributed by atoms with van der Waals surface area (Å²) in [6.07, 6.45) is 4.79. The molecule has 0 radical (unpaired) electrons. The zero-order chi connectivity index (χ0) is 17.9. The smallest absolute Gasteiger partial charge is 0.248 e. The van der Waals surface area contributed by atoms with Crippen molar-refractivity contribution in [1.29, 1.82) is 0 Å². The van der Waals surface area contributed by atoms with Crippen molar-refractivity contribution < 1.29 is 4.79 Å². The molecule has 4 aromatic rings. The molecule has 1 N–H and O–H groups in total. The summed E-state index contributed by atoms with van der Waals surface area (Å²) in [7, 11) is 0. The fourth-order valence-electron chi connectivity index (χ4n) is 2.30. The molecule has 2 aromatic carbocycles. The van der Waals surface area contributed by atoms with Crippen LogP contribution < -0.4 is 5.32 Å². The molecule has 0 aliphatic rings. The highest BCUT2D eigenvalue weighted by molar-refractivity contribution is 7.19. The Morgan fingerprint density at radius 2 is 1.88 bits per heavy atom. The molecule has 0 aliphatic heterocycles. The molecule has 4 rings (SSSR count). The summed E-state index contributed by atoms with van der Waals surface area (Å²) in [6, 6.07) is 14.8. The Morgan fingerprint density at radius 1 is 1.12 bits per heavy atom. The number of fused-ring (bicyclic) bond motifs is 1. The Morgan fingerprint density at radius 3 is 2.62 bits per heavy atom. The summed E-state index contributed by atoms with van der Waals surface area (Å²) in [6.45, 7) is 0. The van der Waals surface area contributed by atoms with Crippen molar-refractivity contribution >= 4 is 45.6 Å². The van der Waals surface area contributed by atoms with Gasteiger partial charge in [0.2, 0.25) is 10.9 Å². The minimum absolute atomic E-state index is 0.202. The molecule has 2 heterocycles. The van der Waals surface area contributed by atoms with Gasteiger partial charge in [0.1, 0.15) is 11.3 Å². The van der Waals surface area contributed by atoms with E-state index in [0.717, 1.165) is 21.1 Å². The molecule has 2 aromatic heterocycles. The van der Waals surface area contributed by atoms with Crippen molar-refractivity contribution in [2.24, 2.45) is 0 Å². The van der Waals surface area contributed by atoms with Crippen LogP contribution in [0, 0.1) is 0 Å². The van der Waals surface area contributed by atoms with Gasteiger partial charge in [0, 0.05) is 22.3 Å². The van der Waals surface area contributed by atoms with E-state index in [4.69, 9.17) is 11.6 Å². The first kappa shape index (κ1) is 16.4. The number of anilines is 1. The molecule has 0 saturated heterocycles. The highest BCUT2D eigenvalue weighted by atomic mass is 35.5. The first-order chi connectivity index (χ1) is 12.7. The van der Waals surface area contributed by atoms with E-state index in [0.29, 0.717) is 10.7 Å². The van der Waals surface area contributed by atoms with Crippen molar-refractivity contribution in [3.05, 3.63) is 71.5 Å². The van der Waals surface area contributed by atoms with Gasteiger partial charge in [0.15, 0.2) is 0 Å². The molecule has 6 nitrogen and oxygen atoms in total. The number of rotatable bonds is 4. The second-order valence-electron chi connectivity index (χ2n) is 5.42. The standard InChI is InChI=1S/C18H12ClN5OS/c19-14-6-1-12(2-7-14)3-10-16(25)21-15-8-4-13(5-9-15)17-23-24-11-20-22-18(24)26-17/h1-11H,(H,21,25). The van der Waals surface area contributed by atoms with E-state index in [1.165, 1.54) is 17.4 Å². The van der Waals surface area contributed by atoms with Gasteiger partial charge in [-0.25, -0.2) is 0 Å². The van der Waals surface area contributed by atoms with Crippen LogP contribution in [0.25, 0.3) is 21.6 Å². The Hall–Kier alpha value is -3.03. The highest BCUT2D eigenvalue weighted by Gasteiger charge is 2.07. The molecule has 0 atom stereocenters. The van der Waals surface area contributed by atoms with E-state index < -0.39 is 0 Å². The maximum absolute atomic E-state index is 12.0. The molecule has 128 valence electrons. The average Bonchev–Trinajstić information content (AvgIpc) is 3.24. The van der Waals surface area contributed by atoms with Gasteiger partial charge in [-0.1, -0.05) is 35.1 Å². The number of halogens is 1. The summed E-state index contributed by atoms with van der Waals surface area (Å²) in [5.74, 6) is -0.202. The van der Waals surface area contributed by atoms with Crippen molar-refractivity contribution in [3.8, 4) is 10.6 Å².